The van der Waals surface area contributed by atoms with E-state index in [1.807, 2.05) is 0 Å². The molecule has 0 saturated carbocycles. The van der Waals surface area contributed by atoms with Crippen molar-refractivity contribution in [2.45, 2.75) is 133 Å². The number of hydrogen-bond acceptors (Lipinski definition) is 8. The largest absolute Gasteiger partial charge is 0.237 e. The lowest BCUT2D eigenvalue weighted by atomic mass is 10.1. The molecule has 12 heteroatoms. The molecule has 1 rings (SSSR count). The van der Waals surface area contributed by atoms with Crippen molar-refractivity contribution in [1.82, 2.24) is 8.61 Å². The molecule has 0 spiro atoms. The first-order chi connectivity index (χ1) is 22.8. The van der Waals surface area contributed by atoms with Gasteiger partial charge in [-0.15, -0.1) is 0 Å². The average molecular weight is 687 g/mol. The molecule has 10 nitrogen and oxygen atoms in total. The zero-order valence-electron chi connectivity index (χ0n) is 28.1. The van der Waals surface area contributed by atoms with Gasteiger partial charge in [-0.1, -0.05) is 81.7 Å². The molecule has 1 aromatic carbocycles. The van der Waals surface area contributed by atoms with E-state index in [4.69, 9.17) is 21.0 Å². The van der Waals surface area contributed by atoms with Gasteiger partial charge < -0.3 is 0 Å². The Kier molecular flexibility index (Phi) is 23.3. The minimum Gasteiger partial charge on any atom is -0.210 e. The Morgan fingerprint density at radius 1 is 0.447 bits per heavy atom. The van der Waals surface area contributed by atoms with Gasteiger partial charge in [0, 0.05) is 51.9 Å². The molecule has 47 heavy (non-hydrogen) atoms. The van der Waals surface area contributed by atoms with Gasteiger partial charge in [0.2, 0.25) is 24.6 Å². The number of sulfonamides is 2. The summed E-state index contributed by atoms with van der Waals surface area (Å²) in [6.45, 7) is 0.793. The summed E-state index contributed by atoms with van der Waals surface area (Å²) < 4.78 is 59.3. The molecule has 0 bridgehead atoms. The number of benzene rings is 1. The lowest BCUT2D eigenvalue weighted by Gasteiger charge is -2.32. The Hall–Kier alpha value is -3.00. The number of nitriles is 4. The van der Waals surface area contributed by atoms with Crippen LogP contribution < -0.4 is 0 Å². The normalized spacial score (nSPS) is 11.7. The molecule has 0 aliphatic rings. The summed E-state index contributed by atoms with van der Waals surface area (Å²) in [4.78, 5) is 0. The molecule has 0 aliphatic carbocycles. The van der Waals surface area contributed by atoms with Gasteiger partial charge in [-0.05, 0) is 56.9 Å². The maximum Gasteiger partial charge on any atom is 0.237 e. The number of unbranched alkanes of at least 4 members (excludes halogenated alkanes) is 16. The van der Waals surface area contributed by atoms with Gasteiger partial charge in [0.1, 0.15) is 0 Å². The molecule has 0 fully saturated rings. The highest BCUT2D eigenvalue weighted by molar-refractivity contribution is 8.06. The first-order valence-corrected chi connectivity index (χ1v) is 20.3. The smallest absolute Gasteiger partial charge is 0.210 e. The van der Waals surface area contributed by atoms with Crippen LogP contribution in [-0.2, 0) is 20.0 Å². The molecular formula is C35H54N6O4S2. The Bertz CT molecular complexity index is 1220. The van der Waals surface area contributed by atoms with Crippen LogP contribution in [0.2, 0.25) is 0 Å². The van der Waals surface area contributed by atoms with Crippen molar-refractivity contribution in [3.05, 3.63) is 35.9 Å². The van der Waals surface area contributed by atoms with Gasteiger partial charge in [0.05, 0.1) is 24.3 Å². The minimum atomic E-state index is -4.37. The number of hydrogen-bond donors (Lipinski definition) is 0. The third kappa shape index (κ3) is 17.1. The van der Waals surface area contributed by atoms with Crippen LogP contribution >= 0.6 is 0 Å². The Morgan fingerprint density at radius 2 is 0.723 bits per heavy atom. The van der Waals surface area contributed by atoms with Gasteiger partial charge >= 0.3 is 0 Å². The summed E-state index contributed by atoms with van der Waals surface area (Å²) in [5.74, 6) is 0. The fraction of sp³-hybridized carbons (Fsp3) is 0.714. The minimum absolute atomic E-state index is 0.198. The molecule has 0 saturated heterocycles. The van der Waals surface area contributed by atoms with Crippen LogP contribution in [-0.4, -0.2) is 51.6 Å². The Morgan fingerprint density at radius 3 is 1.00 bits per heavy atom. The molecule has 1 aromatic rings. The predicted molar refractivity (Wildman–Crippen MR) is 185 cm³/mol. The van der Waals surface area contributed by atoms with Gasteiger partial charge in [-0.3, -0.25) is 0 Å². The van der Waals surface area contributed by atoms with Crippen molar-refractivity contribution in [2.75, 3.05) is 26.2 Å². The van der Waals surface area contributed by atoms with Crippen molar-refractivity contribution in [1.29, 1.82) is 21.0 Å². The van der Waals surface area contributed by atoms with Crippen LogP contribution in [0, 0.1) is 45.3 Å². The standard InChI is InChI=1S/C35H54N6O4S2/c36-26-16-5-1-9-20-30-40(31-21-10-2-6-17-27-37)46(42,43)35(34-24-14-13-15-25-34)47(44,45)41(32-22-11-3-7-18-28-38)33-23-12-4-8-19-29-39/h13-15,24-25,35H,1-12,16-23,30-33H2. The second-order valence-electron chi connectivity index (χ2n) is 11.9. The number of rotatable bonds is 29. The van der Waals surface area contributed by atoms with Crippen LogP contribution in [0.4, 0.5) is 0 Å². The van der Waals surface area contributed by atoms with E-state index < -0.39 is 24.6 Å². The van der Waals surface area contributed by atoms with Crippen molar-refractivity contribution in [2.24, 2.45) is 0 Å². The van der Waals surface area contributed by atoms with Crippen molar-refractivity contribution in [3.8, 4) is 24.3 Å². The fourth-order valence-corrected chi connectivity index (χ4v) is 10.5. The topological polar surface area (TPSA) is 170 Å². The molecule has 0 atom stereocenters. The van der Waals surface area contributed by atoms with E-state index >= 15 is 0 Å². The summed E-state index contributed by atoms with van der Waals surface area (Å²) in [5, 5.41) is 35.4. The zero-order chi connectivity index (χ0) is 34.6. The highest BCUT2D eigenvalue weighted by Gasteiger charge is 2.45. The summed E-state index contributed by atoms with van der Waals surface area (Å²) in [7, 11) is -8.74. The van der Waals surface area contributed by atoms with Crippen molar-refractivity contribution >= 4 is 20.0 Å². The van der Waals surface area contributed by atoms with E-state index in [0.29, 0.717) is 51.4 Å². The fourth-order valence-electron chi connectivity index (χ4n) is 5.49. The third-order valence-electron chi connectivity index (χ3n) is 8.12. The molecule has 0 radical (unpaired) electrons. The monoisotopic (exact) mass is 686 g/mol. The van der Waals surface area contributed by atoms with E-state index in [-0.39, 0.29) is 31.7 Å². The van der Waals surface area contributed by atoms with Gasteiger partial charge in [0.25, 0.3) is 0 Å². The average Bonchev–Trinajstić information content (AvgIpc) is 3.05. The van der Waals surface area contributed by atoms with E-state index in [2.05, 4.69) is 24.3 Å². The van der Waals surface area contributed by atoms with E-state index in [1.165, 1.54) is 8.61 Å². The lowest BCUT2D eigenvalue weighted by Crippen LogP contribution is -2.44. The quantitative estimate of drug-likeness (QED) is 0.0767. The maximum atomic E-state index is 14.6. The summed E-state index contributed by atoms with van der Waals surface area (Å²) >= 11 is 0. The van der Waals surface area contributed by atoms with Crippen LogP contribution in [0.5, 0.6) is 0 Å². The second-order valence-corrected chi connectivity index (χ2v) is 16.3. The van der Waals surface area contributed by atoms with Crippen molar-refractivity contribution < 1.29 is 16.8 Å². The van der Waals surface area contributed by atoms with Crippen LogP contribution in [0.25, 0.3) is 0 Å². The highest BCUT2D eigenvalue weighted by atomic mass is 32.3. The first-order valence-electron chi connectivity index (χ1n) is 17.3. The van der Waals surface area contributed by atoms with Crippen LogP contribution in [0.3, 0.4) is 0 Å². The first kappa shape index (κ1) is 42.0. The SMILES string of the molecule is N#CCCCCCCN(CCCCCCC#N)S(=O)(=O)C(c1ccccc1)S(=O)(=O)N(CCCCCCC#N)CCCCCCC#N. The predicted octanol–water partition coefficient (Wildman–Crippen LogP) is 7.85. The Labute approximate surface area is 285 Å². The van der Waals surface area contributed by atoms with Crippen molar-refractivity contribution in [3.63, 3.8) is 0 Å². The van der Waals surface area contributed by atoms with Crippen LogP contribution in [0.15, 0.2) is 30.3 Å². The third-order valence-corrected chi connectivity index (χ3v) is 13.4. The van der Waals surface area contributed by atoms with Gasteiger partial charge in [-0.2, -0.15) is 21.0 Å². The molecule has 260 valence electrons. The molecular weight excluding hydrogens is 633 g/mol. The second kappa shape index (κ2) is 26.0. The maximum absolute atomic E-state index is 14.6. The molecule has 0 aromatic heterocycles. The molecule has 0 amide bonds. The van der Waals surface area contributed by atoms with E-state index in [0.717, 1.165) is 77.0 Å². The van der Waals surface area contributed by atoms with E-state index in [9.17, 15) is 16.8 Å². The van der Waals surface area contributed by atoms with Gasteiger partial charge in [0.15, 0.2) is 0 Å². The summed E-state index contributed by atoms with van der Waals surface area (Å²) in [6.07, 6.45) is 13.2. The summed E-state index contributed by atoms with van der Waals surface area (Å²) in [5.41, 5.74) is 0.216. The highest BCUT2D eigenvalue weighted by Crippen LogP contribution is 2.35. The molecule has 0 heterocycles. The van der Waals surface area contributed by atoms with Crippen LogP contribution in [0.1, 0.15) is 139 Å². The number of nitrogens with zero attached hydrogens (tertiary/aromatic N) is 6. The van der Waals surface area contributed by atoms with Gasteiger partial charge in [-0.25, -0.2) is 25.4 Å². The molecule has 0 N–H and O–H groups in total. The van der Waals surface area contributed by atoms with E-state index in [1.54, 1.807) is 30.3 Å². The molecule has 0 unspecified atom stereocenters. The summed E-state index contributed by atoms with van der Waals surface area (Å²) in [6, 6.07) is 16.7. The Balaban J connectivity index is 3.37. The lowest BCUT2D eigenvalue weighted by molar-refractivity contribution is 0.371. The zero-order valence-corrected chi connectivity index (χ0v) is 29.7. The molecule has 0 aliphatic heterocycles.